The maximum atomic E-state index is 12.7. The number of hydrogen-bond acceptors (Lipinski definition) is 3. The third-order valence-electron chi connectivity index (χ3n) is 4.57. The van der Waals surface area contributed by atoms with E-state index in [0.717, 1.165) is 28.1 Å². The molecule has 0 saturated carbocycles. The maximum Gasteiger partial charge on any atom is 0.253 e. The summed E-state index contributed by atoms with van der Waals surface area (Å²) in [6, 6.07) is 10.6. The molecule has 0 aliphatic carbocycles. The number of halogens is 1. The molecule has 0 unspecified atom stereocenters. The van der Waals surface area contributed by atoms with Gasteiger partial charge in [0, 0.05) is 7.05 Å². The number of aryl methyl sites for hydroxylation is 2. The number of nitrogens with one attached hydrogen (secondary N) is 1. The van der Waals surface area contributed by atoms with Gasteiger partial charge in [0.25, 0.3) is 5.91 Å². The first kappa shape index (κ1) is 21.3. The lowest BCUT2D eigenvalue weighted by molar-refractivity contribution is 0.0935. The Morgan fingerprint density at radius 3 is 2.37 bits per heavy atom. The maximum absolute atomic E-state index is 12.7. The fourth-order valence-electron chi connectivity index (χ4n) is 2.93. The zero-order valence-corrected chi connectivity index (χ0v) is 17.8. The molecule has 5 nitrogen and oxygen atoms in total. The third kappa shape index (κ3) is 5.02. The summed E-state index contributed by atoms with van der Waals surface area (Å²) in [7, 11) is -1.96. The molecule has 0 fully saturated rings. The fraction of sp³-hybridized carbons (Fsp3) is 0.350. The molecule has 1 N–H and O–H groups in total. The average molecular weight is 409 g/mol. The van der Waals surface area contributed by atoms with Gasteiger partial charge < -0.3 is 5.32 Å². The van der Waals surface area contributed by atoms with Gasteiger partial charge in [0.2, 0.25) is 10.0 Å². The number of carbonyl (C=O) groups excluding carboxylic acids is 1. The predicted molar refractivity (Wildman–Crippen MR) is 111 cm³/mol. The largest absolute Gasteiger partial charge is 0.345 e. The van der Waals surface area contributed by atoms with Crippen LogP contribution in [0.3, 0.4) is 0 Å². The second-order valence-electron chi connectivity index (χ2n) is 6.69. The molecule has 0 bridgehead atoms. The van der Waals surface area contributed by atoms with E-state index >= 15 is 0 Å². The molecule has 146 valence electrons. The van der Waals surface area contributed by atoms with Gasteiger partial charge in [0.15, 0.2) is 0 Å². The minimum atomic E-state index is -3.40. The van der Waals surface area contributed by atoms with Gasteiger partial charge in [-0.3, -0.25) is 9.10 Å². The Balaban J connectivity index is 2.26. The lowest BCUT2D eigenvalue weighted by Crippen LogP contribution is -2.29. The van der Waals surface area contributed by atoms with Crippen molar-refractivity contribution in [3.63, 3.8) is 0 Å². The van der Waals surface area contributed by atoms with E-state index < -0.39 is 10.0 Å². The second-order valence-corrected chi connectivity index (χ2v) is 9.11. The van der Waals surface area contributed by atoms with E-state index in [2.05, 4.69) is 11.4 Å². The van der Waals surface area contributed by atoms with Gasteiger partial charge in [-0.05, 0) is 49.6 Å². The molecule has 2 rings (SSSR count). The Bertz CT molecular complexity index is 958. The first-order valence-electron chi connectivity index (χ1n) is 8.66. The van der Waals surface area contributed by atoms with Gasteiger partial charge in [-0.15, -0.1) is 0 Å². The third-order valence-corrected chi connectivity index (χ3v) is 6.09. The topological polar surface area (TPSA) is 66.5 Å². The highest BCUT2D eigenvalue weighted by Gasteiger charge is 2.19. The van der Waals surface area contributed by atoms with Crippen LogP contribution in [-0.4, -0.2) is 27.6 Å². The molecule has 0 aliphatic rings. The number of hydrogen-bond donors (Lipinski definition) is 1. The van der Waals surface area contributed by atoms with Crippen molar-refractivity contribution in [2.45, 2.75) is 33.2 Å². The van der Waals surface area contributed by atoms with E-state index in [1.807, 2.05) is 32.9 Å². The van der Waals surface area contributed by atoms with Crippen LogP contribution < -0.4 is 9.62 Å². The SMILES string of the molecule is CC[C@H](NC(=O)c1ccc(N(C)S(C)(=O)=O)cc1Cl)c1ccc(C)cc1C. The monoisotopic (exact) mass is 408 g/mol. The van der Waals surface area contributed by atoms with Crippen molar-refractivity contribution in [2.75, 3.05) is 17.6 Å². The summed E-state index contributed by atoms with van der Waals surface area (Å²) < 4.78 is 24.4. The van der Waals surface area contributed by atoms with E-state index in [0.29, 0.717) is 11.3 Å². The Hall–Kier alpha value is -2.05. The first-order valence-corrected chi connectivity index (χ1v) is 10.9. The summed E-state index contributed by atoms with van der Waals surface area (Å²) in [6.45, 7) is 6.07. The van der Waals surface area contributed by atoms with Gasteiger partial charge >= 0.3 is 0 Å². The van der Waals surface area contributed by atoms with Crippen molar-refractivity contribution in [1.82, 2.24) is 5.32 Å². The fourth-order valence-corrected chi connectivity index (χ4v) is 3.68. The number of sulfonamides is 1. The van der Waals surface area contributed by atoms with Crippen LogP contribution in [0, 0.1) is 13.8 Å². The van der Waals surface area contributed by atoms with E-state index in [-0.39, 0.29) is 17.0 Å². The standard InChI is InChI=1S/C20H25ClN2O3S/c1-6-19(16-9-7-13(2)11-14(16)3)22-20(24)17-10-8-15(12-18(17)21)23(4)27(5,25)26/h7-12,19H,6H2,1-5H3,(H,22,24)/t19-/m0/s1. The minimum Gasteiger partial charge on any atom is -0.345 e. The molecule has 0 heterocycles. The summed E-state index contributed by atoms with van der Waals surface area (Å²) >= 11 is 6.26. The van der Waals surface area contributed by atoms with Crippen LogP contribution in [0.5, 0.6) is 0 Å². The molecule has 0 aromatic heterocycles. The van der Waals surface area contributed by atoms with Crippen molar-refractivity contribution in [3.8, 4) is 0 Å². The molecule has 1 atom stereocenters. The van der Waals surface area contributed by atoms with Crippen LogP contribution >= 0.6 is 11.6 Å². The zero-order chi connectivity index (χ0) is 20.4. The van der Waals surface area contributed by atoms with Gasteiger partial charge in [-0.25, -0.2) is 8.42 Å². The number of amides is 1. The van der Waals surface area contributed by atoms with Crippen molar-refractivity contribution in [2.24, 2.45) is 0 Å². The minimum absolute atomic E-state index is 0.132. The van der Waals surface area contributed by atoms with Crippen molar-refractivity contribution < 1.29 is 13.2 Å². The zero-order valence-electron chi connectivity index (χ0n) is 16.2. The molecule has 27 heavy (non-hydrogen) atoms. The van der Waals surface area contributed by atoms with Crippen LogP contribution in [0.15, 0.2) is 36.4 Å². The molecule has 0 radical (unpaired) electrons. The molecule has 0 aliphatic heterocycles. The van der Waals surface area contributed by atoms with Gasteiger partial charge in [0.1, 0.15) is 0 Å². The summed E-state index contributed by atoms with van der Waals surface area (Å²) in [5.74, 6) is -0.291. The van der Waals surface area contributed by atoms with E-state index in [9.17, 15) is 13.2 Å². The summed E-state index contributed by atoms with van der Waals surface area (Å²) in [5, 5.41) is 3.23. The summed E-state index contributed by atoms with van der Waals surface area (Å²) in [5.41, 5.74) is 4.08. The van der Waals surface area contributed by atoms with Crippen molar-refractivity contribution >= 4 is 33.2 Å². The van der Waals surface area contributed by atoms with Gasteiger partial charge in [-0.1, -0.05) is 42.3 Å². The van der Waals surface area contributed by atoms with E-state index in [1.54, 1.807) is 12.1 Å². The van der Waals surface area contributed by atoms with Crippen molar-refractivity contribution in [3.05, 3.63) is 63.7 Å². The van der Waals surface area contributed by atoms with Gasteiger partial charge in [0.05, 0.1) is 28.6 Å². The van der Waals surface area contributed by atoms with E-state index in [1.165, 1.54) is 18.7 Å². The van der Waals surface area contributed by atoms with Crippen LogP contribution in [-0.2, 0) is 10.0 Å². The Morgan fingerprint density at radius 2 is 1.85 bits per heavy atom. The van der Waals surface area contributed by atoms with Crippen LogP contribution in [0.1, 0.15) is 46.4 Å². The average Bonchev–Trinajstić information content (AvgIpc) is 2.58. The van der Waals surface area contributed by atoms with Crippen LogP contribution in [0.2, 0.25) is 5.02 Å². The smallest absolute Gasteiger partial charge is 0.253 e. The molecular weight excluding hydrogens is 384 g/mol. The number of anilines is 1. The second kappa shape index (κ2) is 8.31. The molecule has 2 aromatic carbocycles. The van der Waals surface area contributed by atoms with Crippen molar-refractivity contribution in [1.29, 1.82) is 0 Å². The highest BCUT2D eigenvalue weighted by molar-refractivity contribution is 7.92. The number of rotatable bonds is 6. The number of benzene rings is 2. The first-order chi connectivity index (χ1) is 12.5. The molecule has 2 aromatic rings. The Morgan fingerprint density at radius 1 is 1.19 bits per heavy atom. The van der Waals surface area contributed by atoms with Gasteiger partial charge in [-0.2, -0.15) is 0 Å². The molecule has 1 amide bonds. The van der Waals surface area contributed by atoms with E-state index in [4.69, 9.17) is 11.6 Å². The molecule has 0 saturated heterocycles. The molecule has 7 heteroatoms. The molecular formula is C20H25ClN2O3S. The Labute approximate surface area is 166 Å². The Kier molecular flexibility index (Phi) is 6.54. The normalized spacial score (nSPS) is 12.5. The number of nitrogens with zero attached hydrogens (tertiary/aromatic N) is 1. The lowest BCUT2D eigenvalue weighted by atomic mass is 9.97. The highest BCUT2D eigenvalue weighted by atomic mass is 35.5. The predicted octanol–water partition coefficient (Wildman–Crippen LogP) is 4.23. The lowest BCUT2D eigenvalue weighted by Gasteiger charge is -2.21. The van der Waals surface area contributed by atoms with Crippen LogP contribution in [0.25, 0.3) is 0 Å². The number of carbonyl (C=O) groups is 1. The summed E-state index contributed by atoms with van der Waals surface area (Å²) in [6.07, 6.45) is 1.85. The molecule has 0 spiro atoms. The highest BCUT2D eigenvalue weighted by Crippen LogP contribution is 2.26. The quantitative estimate of drug-likeness (QED) is 0.777. The van der Waals surface area contributed by atoms with Crippen LogP contribution in [0.4, 0.5) is 5.69 Å². The summed E-state index contributed by atoms with van der Waals surface area (Å²) in [4.78, 5) is 12.7.